The largest absolute Gasteiger partial charge is 0.497 e. The highest BCUT2D eigenvalue weighted by Gasteiger charge is 2.13. The van der Waals surface area contributed by atoms with Gasteiger partial charge in [0.15, 0.2) is 0 Å². The van der Waals surface area contributed by atoms with Crippen molar-refractivity contribution in [3.05, 3.63) is 23.2 Å². The number of nitrogens with zero attached hydrogens (tertiary/aromatic N) is 1. The standard InChI is InChI=1S/C10H10ClNO3/c1-12(10(14)6-13)9-4-3-7(15-2)5-8(9)11/h3-6H,1-2H3. The predicted octanol–water partition coefficient (Wildman–Crippen LogP) is 1.51. The molecule has 1 rings (SSSR count). The molecule has 0 saturated heterocycles. The summed E-state index contributed by atoms with van der Waals surface area (Å²) < 4.78 is 4.96. The van der Waals surface area contributed by atoms with E-state index >= 15 is 0 Å². The first-order valence-electron chi connectivity index (χ1n) is 4.16. The van der Waals surface area contributed by atoms with Crippen LogP contribution in [0.2, 0.25) is 5.02 Å². The van der Waals surface area contributed by atoms with Gasteiger partial charge < -0.3 is 9.64 Å². The van der Waals surface area contributed by atoms with Crippen molar-refractivity contribution in [1.29, 1.82) is 0 Å². The fourth-order valence-corrected chi connectivity index (χ4v) is 1.38. The van der Waals surface area contributed by atoms with Gasteiger partial charge in [0.1, 0.15) is 5.75 Å². The maximum absolute atomic E-state index is 11.1. The van der Waals surface area contributed by atoms with Crippen LogP contribution in [-0.2, 0) is 9.59 Å². The normalized spacial score (nSPS) is 9.53. The van der Waals surface area contributed by atoms with Crippen LogP contribution in [0.1, 0.15) is 0 Å². The summed E-state index contributed by atoms with van der Waals surface area (Å²) in [6.07, 6.45) is 0.237. The minimum absolute atomic E-state index is 0.237. The summed E-state index contributed by atoms with van der Waals surface area (Å²) in [5, 5.41) is 0.354. The second kappa shape index (κ2) is 4.79. The van der Waals surface area contributed by atoms with Crippen LogP contribution < -0.4 is 9.64 Å². The van der Waals surface area contributed by atoms with Crippen LogP contribution in [0.5, 0.6) is 5.75 Å². The van der Waals surface area contributed by atoms with Crippen molar-refractivity contribution in [2.75, 3.05) is 19.1 Å². The van der Waals surface area contributed by atoms with Crippen LogP contribution in [-0.4, -0.2) is 26.4 Å². The molecule has 0 atom stereocenters. The molecular formula is C10H10ClNO3. The van der Waals surface area contributed by atoms with E-state index in [9.17, 15) is 9.59 Å². The van der Waals surface area contributed by atoms with E-state index in [1.54, 1.807) is 18.2 Å². The molecule has 0 aromatic heterocycles. The number of anilines is 1. The van der Waals surface area contributed by atoms with Crippen LogP contribution >= 0.6 is 11.6 Å². The van der Waals surface area contributed by atoms with Crippen LogP contribution in [0.25, 0.3) is 0 Å². The molecule has 80 valence electrons. The molecule has 0 bridgehead atoms. The maximum atomic E-state index is 11.1. The number of amides is 1. The molecule has 1 aromatic carbocycles. The first-order chi connectivity index (χ1) is 7.10. The van der Waals surface area contributed by atoms with Crippen LogP contribution in [0.4, 0.5) is 5.69 Å². The number of hydrogen-bond acceptors (Lipinski definition) is 3. The summed E-state index contributed by atoms with van der Waals surface area (Å²) in [6, 6.07) is 4.85. The van der Waals surface area contributed by atoms with Crippen molar-refractivity contribution < 1.29 is 14.3 Å². The quantitative estimate of drug-likeness (QED) is 0.581. The highest BCUT2D eigenvalue weighted by molar-refractivity contribution is 6.36. The molecule has 15 heavy (non-hydrogen) atoms. The van der Waals surface area contributed by atoms with Crippen molar-refractivity contribution in [2.24, 2.45) is 0 Å². The van der Waals surface area contributed by atoms with Gasteiger partial charge in [-0.25, -0.2) is 0 Å². The Morgan fingerprint density at radius 1 is 1.53 bits per heavy atom. The lowest BCUT2D eigenvalue weighted by molar-refractivity contribution is -0.129. The summed E-state index contributed by atoms with van der Waals surface area (Å²) >= 11 is 5.91. The lowest BCUT2D eigenvalue weighted by atomic mass is 10.3. The van der Waals surface area contributed by atoms with E-state index in [1.165, 1.54) is 19.1 Å². The average Bonchev–Trinajstić information content (AvgIpc) is 2.26. The first-order valence-corrected chi connectivity index (χ1v) is 4.54. The molecule has 0 heterocycles. The third-order valence-corrected chi connectivity index (χ3v) is 2.25. The van der Waals surface area contributed by atoms with Crippen molar-refractivity contribution in [3.8, 4) is 5.75 Å². The molecule has 1 aromatic rings. The Hall–Kier alpha value is -1.55. The molecule has 0 aliphatic rings. The third kappa shape index (κ3) is 2.47. The Bertz CT molecular complexity index is 392. The number of rotatable bonds is 3. The number of methoxy groups -OCH3 is 1. The molecule has 0 saturated carbocycles. The molecule has 4 nitrogen and oxygen atoms in total. The second-order valence-corrected chi connectivity index (χ2v) is 3.24. The van der Waals surface area contributed by atoms with E-state index in [1.807, 2.05) is 0 Å². The number of aldehydes is 1. The summed E-state index contributed by atoms with van der Waals surface area (Å²) in [4.78, 5) is 22.6. The van der Waals surface area contributed by atoms with Crippen molar-refractivity contribution in [3.63, 3.8) is 0 Å². The zero-order valence-corrected chi connectivity index (χ0v) is 9.12. The Balaban J connectivity index is 3.05. The van der Waals surface area contributed by atoms with Crippen LogP contribution in [0, 0.1) is 0 Å². The summed E-state index contributed by atoms with van der Waals surface area (Å²) in [5.74, 6) is -0.0576. The van der Waals surface area contributed by atoms with Gasteiger partial charge in [-0.3, -0.25) is 9.59 Å². The van der Waals surface area contributed by atoms with E-state index in [0.29, 0.717) is 16.5 Å². The van der Waals surface area contributed by atoms with E-state index < -0.39 is 5.91 Å². The Morgan fingerprint density at radius 3 is 2.67 bits per heavy atom. The molecule has 0 N–H and O–H groups in total. The topological polar surface area (TPSA) is 46.6 Å². The van der Waals surface area contributed by atoms with Crippen LogP contribution in [0.15, 0.2) is 18.2 Å². The van der Waals surface area contributed by atoms with Gasteiger partial charge in [-0.05, 0) is 12.1 Å². The smallest absolute Gasteiger partial charge is 0.290 e. The van der Waals surface area contributed by atoms with Gasteiger partial charge in [0, 0.05) is 13.1 Å². The molecule has 0 spiro atoms. The number of ether oxygens (including phenoxy) is 1. The molecule has 1 amide bonds. The fraction of sp³-hybridized carbons (Fsp3) is 0.200. The van der Waals surface area contributed by atoms with Crippen molar-refractivity contribution >= 4 is 29.5 Å². The molecule has 5 heteroatoms. The number of carbonyl (C=O) groups is 2. The molecule has 0 aliphatic heterocycles. The second-order valence-electron chi connectivity index (χ2n) is 2.83. The van der Waals surface area contributed by atoms with Gasteiger partial charge in [0.05, 0.1) is 17.8 Å². The zero-order chi connectivity index (χ0) is 11.4. The number of likely N-dealkylation sites (N-methyl/N-ethyl adjacent to an activating group) is 1. The molecule has 0 radical (unpaired) electrons. The van der Waals surface area contributed by atoms with E-state index in [4.69, 9.17) is 16.3 Å². The highest BCUT2D eigenvalue weighted by atomic mass is 35.5. The zero-order valence-electron chi connectivity index (χ0n) is 8.36. The number of halogens is 1. The lowest BCUT2D eigenvalue weighted by Crippen LogP contribution is -2.27. The van der Waals surface area contributed by atoms with Gasteiger partial charge in [0.25, 0.3) is 5.91 Å². The molecular weight excluding hydrogens is 218 g/mol. The minimum atomic E-state index is -0.651. The van der Waals surface area contributed by atoms with Crippen molar-refractivity contribution in [2.45, 2.75) is 0 Å². The fourth-order valence-electron chi connectivity index (χ4n) is 1.08. The minimum Gasteiger partial charge on any atom is -0.497 e. The third-order valence-electron chi connectivity index (χ3n) is 1.95. The molecule has 0 fully saturated rings. The van der Waals surface area contributed by atoms with Gasteiger partial charge in [-0.15, -0.1) is 0 Å². The van der Waals surface area contributed by atoms with E-state index in [0.717, 1.165) is 0 Å². The molecule has 0 unspecified atom stereocenters. The Morgan fingerprint density at radius 2 is 2.20 bits per heavy atom. The molecule has 0 aliphatic carbocycles. The van der Waals surface area contributed by atoms with Gasteiger partial charge in [-0.1, -0.05) is 11.6 Å². The highest BCUT2D eigenvalue weighted by Crippen LogP contribution is 2.28. The number of hydrogen-bond donors (Lipinski definition) is 0. The Kier molecular flexibility index (Phi) is 3.68. The monoisotopic (exact) mass is 227 g/mol. The Labute approximate surface area is 92.4 Å². The van der Waals surface area contributed by atoms with Crippen LogP contribution in [0.3, 0.4) is 0 Å². The SMILES string of the molecule is COc1ccc(N(C)C(=O)C=O)c(Cl)c1. The van der Waals surface area contributed by atoms with Gasteiger partial charge in [0.2, 0.25) is 6.29 Å². The summed E-state index contributed by atoms with van der Waals surface area (Å²) in [5.41, 5.74) is 0.467. The first kappa shape index (κ1) is 11.5. The van der Waals surface area contributed by atoms with Crippen molar-refractivity contribution in [1.82, 2.24) is 0 Å². The maximum Gasteiger partial charge on any atom is 0.290 e. The van der Waals surface area contributed by atoms with Gasteiger partial charge >= 0.3 is 0 Å². The van der Waals surface area contributed by atoms with E-state index in [2.05, 4.69) is 0 Å². The van der Waals surface area contributed by atoms with E-state index in [-0.39, 0.29) is 6.29 Å². The predicted molar refractivity (Wildman–Crippen MR) is 57.5 cm³/mol. The lowest BCUT2D eigenvalue weighted by Gasteiger charge is -2.16. The van der Waals surface area contributed by atoms with Gasteiger partial charge in [-0.2, -0.15) is 0 Å². The number of benzene rings is 1. The summed E-state index contributed by atoms with van der Waals surface area (Å²) in [7, 11) is 3.00. The number of carbonyl (C=O) groups excluding carboxylic acids is 2. The summed E-state index contributed by atoms with van der Waals surface area (Å²) in [6.45, 7) is 0. The average molecular weight is 228 g/mol.